The van der Waals surface area contributed by atoms with Crippen LogP contribution in [-0.4, -0.2) is 28.9 Å². The number of aryl methyl sites for hydroxylation is 1. The van der Waals surface area contributed by atoms with Gasteiger partial charge in [-0.25, -0.2) is 0 Å². The summed E-state index contributed by atoms with van der Waals surface area (Å²) in [6.07, 6.45) is 2.25. The molecule has 1 aromatic carbocycles. The first-order chi connectivity index (χ1) is 10.6. The summed E-state index contributed by atoms with van der Waals surface area (Å²) >= 11 is 0. The Kier molecular flexibility index (Phi) is 5.68. The van der Waals surface area contributed by atoms with Crippen molar-refractivity contribution >= 4 is 34.8 Å². The van der Waals surface area contributed by atoms with Crippen molar-refractivity contribution in [3.8, 4) is 0 Å². The van der Waals surface area contributed by atoms with Gasteiger partial charge in [0.25, 0.3) is 0 Å². The summed E-state index contributed by atoms with van der Waals surface area (Å²) in [4.78, 5) is 4.85. The van der Waals surface area contributed by atoms with Crippen molar-refractivity contribution < 1.29 is 4.21 Å². The first-order valence-corrected chi connectivity index (χ1v) is 11.7. The molecule has 0 saturated heterocycles. The highest BCUT2D eigenvalue weighted by molar-refractivity contribution is 8.47. The SMILES string of the molecule is CC(=Nc1cc(N(C)P(C)S(=O)C2CC2)ccc1C)C(C)(C)C. The standard InChI is InChI=1S/C18H29N2OPS/c1-13-8-9-15(12-17(13)19-14(2)18(3,4)5)20(6)22(7)23(21)16-10-11-16/h8-9,12,16H,10-11H2,1-7H3. The fourth-order valence-electron chi connectivity index (χ4n) is 2.04. The molecule has 2 unspecified atom stereocenters. The van der Waals surface area contributed by atoms with Gasteiger partial charge in [0.05, 0.1) is 23.4 Å². The van der Waals surface area contributed by atoms with Gasteiger partial charge in [0.2, 0.25) is 0 Å². The Morgan fingerprint density at radius 1 is 1.35 bits per heavy atom. The summed E-state index contributed by atoms with van der Waals surface area (Å²) in [5.41, 5.74) is 4.50. The number of nitrogens with zero attached hydrogens (tertiary/aromatic N) is 2. The summed E-state index contributed by atoms with van der Waals surface area (Å²) in [7, 11) is 0.674. The summed E-state index contributed by atoms with van der Waals surface area (Å²) in [6, 6.07) is 6.36. The second kappa shape index (κ2) is 7.03. The highest BCUT2D eigenvalue weighted by Gasteiger charge is 2.33. The van der Waals surface area contributed by atoms with Crippen molar-refractivity contribution in [3.05, 3.63) is 23.8 Å². The van der Waals surface area contributed by atoms with Gasteiger partial charge in [0.1, 0.15) is 0 Å². The minimum atomic E-state index is -0.718. The van der Waals surface area contributed by atoms with Crippen LogP contribution in [0, 0.1) is 12.3 Å². The molecule has 1 aliphatic rings. The van der Waals surface area contributed by atoms with E-state index in [4.69, 9.17) is 4.99 Å². The normalized spacial score (nSPS) is 18.7. The van der Waals surface area contributed by atoms with Crippen LogP contribution in [0.4, 0.5) is 11.4 Å². The van der Waals surface area contributed by atoms with Crippen molar-refractivity contribution in [1.82, 2.24) is 0 Å². The lowest BCUT2D eigenvalue weighted by Crippen LogP contribution is -2.16. The van der Waals surface area contributed by atoms with Crippen molar-refractivity contribution in [2.45, 2.75) is 52.7 Å². The van der Waals surface area contributed by atoms with Crippen LogP contribution in [0.1, 0.15) is 46.1 Å². The van der Waals surface area contributed by atoms with E-state index < -0.39 is 17.7 Å². The fourth-order valence-corrected chi connectivity index (χ4v) is 6.63. The van der Waals surface area contributed by atoms with Crippen LogP contribution in [0.2, 0.25) is 0 Å². The molecule has 0 radical (unpaired) electrons. The Balaban J connectivity index is 2.27. The third kappa shape index (κ3) is 4.64. The molecule has 1 aliphatic carbocycles. The predicted molar refractivity (Wildman–Crippen MR) is 106 cm³/mol. The molecule has 2 rings (SSSR count). The van der Waals surface area contributed by atoms with Crippen molar-refractivity contribution in [2.24, 2.45) is 10.4 Å². The average molecular weight is 352 g/mol. The van der Waals surface area contributed by atoms with Gasteiger partial charge in [-0.05, 0) is 56.5 Å². The topological polar surface area (TPSA) is 32.7 Å². The minimum absolute atomic E-state index is 0.0686. The lowest BCUT2D eigenvalue weighted by atomic mass is 9.91. The molecule has 2 atom stereocenters. The highest BCUT2D eigenvalue weighted by Crippen LogP contribution is 2.49. The Hall–Kier alpha value is -0.730. The molecule has 0 bridgehead atoms. The smallest absolute Gasteiger partial charge is 0.0831 e. The van der Waals surface area contributed by atoms with Gasteiger partial charge in [-0.15, -0.1) is 0 Å². The quantitative estimate of drug-likeness (QED) is 0.523. The van der Waals surface area contributed by atoms with Crippen LogP contribution in [0.15, 0.2) is 23.2 Å². The van der Waals surface area contributed by atoms with E-state index in [-0.39, 0.29) is 5.41 Å². The number of rotatable bonds is 5. The van der Waals surface area contributed by atoms with Crippen LogP contribution >= 0.6 is 7.27 Å². The van der Waals surface area contributed by atoms with Crippen LogP contribution in [0.3, 0.4) is 0 Å². The van der Waals surface area contributed by atoms with Gasteiger partial charge >= 0.3 is 0 Å². The zero-order chi connectivity index (χ0) is 17.4. The molecule has 1 aromatic rings. The maximum atomic E-state index is 12.5. The van der Waals surface area contributed by atoms with Crippen molar-refractivity contribution in [3.63, 3.8) is 0 Å². The van der Waals surface area contributed by atoms with Gasteiger partial charge in [-0.3, -0.25) is 9.20 Å². The predicted octanol–water partition coefficient (Wildman–Crippen LogP) is 5.42. The first kappa shape index (κ1) is 18.6. The molecule has 1 fully saturated rings. The molecule has 0 N–H and O–H groups in total. The van der Waals surface area contributed by atoms with Gasteiger partial charge in [0, 0.05) is 23.7 Å². The van der Waals surface area contributed by atoms with E-state index in [0.717, 1.165) is 29.9 Å². The summed E-state index contributed by atoms with van der Waals surface area (Å²) in [6.45, 7) is 12.8. The van der Waals surface area contributed by atoms with Crippen LogP contribution in [0.25, 0.3) is 0 Å². The third-order valence-corrected chi connectivity index (χ3v) is 10.3. The molecule has 0 spiro atoms. The second-order valence-electron chi connectivity index (χ2n) is 7.38. The molecule has 0 amide bonds. The zero-order valence-electron chi connectivity index (χ0n) is 15.4. The Morgan fingerprint density at radius 3 is 2.48 bits per heavy atom. The van der Waals surface area contributed by atoms with E-state index in [9.17, 15) is 4.21 Å². The first-order valence-electron chi connectivity index (χ1n) is 8.15. The molecule has 0 aromatic heterocycles. The Bertz CT molecular complexity index is 632. The van der Waals surface area contributed by atoms with Gasteiger partial charge < -0.3 is 4.67 Å². The number of hydrogen-bond donors (Lipinski definition) is 0. The number of hydrogen-bond acceptors (Lipinski definition) is 3. The lowest BCUT2D eigenvalue weighted by Gasteiger charge is -2.26. The molecular weight excluding hydrogens is 323 g/mol. The highest BCUT2D eigenvalue weighted by atomic mass is 32.7. The molecule has 0 heterocycles. The van der Waals surface area contributed by atoms with Crippen LogP contribution < -0.4 is 4.67 Å². The summed E-state index contributed by atoms with van der Waals surface area (Å²) in [5, 5.41) is 0.430. The number of anilines is 1. The number of benzene rings is 1. The van der Waals surface area contributed by atoms with E-state index in [2.05, 4.69) is 71.2 Å². The summed E-state index contributed by atoms with van der Waals surface area (Å²) in [5.74, 6) is 0. The Labute approximate surface area is 144 Å². The van der Waals surface area contributed by atoms with E-state index in [1.807, 2.05) is 0 Å². The minimum Gasteiger partial charge on any atom is -0.343 e. The lowest BCUT2D eigenvalue weighted by molar-refractivity contribution is 0.588. The van der Waals surface area contributed by atoms with E-state index in [1.54, 1.807) is 0 Å². The van der Waals surface area contributed by atoms with Crippen molar-refractivity contribution in [1.29, 1.82) is 0 Å². The molecule has 128 valence electrons. The fraction of sp³-hybridized carbons (Fsp3) is 0.611. The van der Waals surface area contributed by atoms with Gasteiger partial charge in [-0.2, -0.15) is 0 Å². The number of aliphatic imine (C=N–C) groups is 1. The van der Waals surface area contributed by atoms with Crippen LogP contribution in [0.5, 0.6) is 0 Å². The largest absolute Gasteiger partial charge is 0.343 e. The molecule has 3 nitrogen and oxygen atoms in total. The second-order valence-corrected chi connectivity index (χ2v) is 12.8. The van der Waals surface area contributed by atoms with Gasteiger partial charge in [-0.1, -0.05) is 26.8 Å². The van der Waals surface area contributed by atoms with E-state index in [1.165, 1.54) is 5.56 Å². The Morgan fingerprint density at radius 2 is 1.96 bits per heavy atom. The molecule has 0 aliphatic heterocycles. The zero-order valence-corrected chi connectivity index (χ0v) is 17.1. The summed E-state index contributed by atoms with van der Waals surface area (Å²) < 4.78 is 14.6. The molecular formula is C18H29N2OPS. The van der Waals surface area contributed by atoms with E-state index >= 15 is 0 Å². The monoisotopic (exact) mass is 352 g/mol. The maximum Gasteiger partial charge on any atom is 0.0831 e. The van der Waals surface area contributed by atoms with Gasteiger partial charge in [0.15, 0.2) is 0 Å². The van der Waals surface area contributed by atoms with E-state index in [0.29, 0.717) is 5.25 Å². The van der Waals surface area contributed by atoms with Crippen LogP contribution in [-0.2, 0) is 10.4 Å². The maximum absolute atomic E-state index is 12.5. The molecule has 5 heteroatoms. The molecule has 1 saturated carbocycles. The van der Waals surface area contributed by atoms with Crippen molar-refractivity contribution in [2.75, 3.05) is 18.4 Å². The third-order valence-electron chi connectivity index (χ3n) is 4.43. The average Bonchev–Trinajstić information content (AvgIpc) is 3.30. The molecule has 23 heavy (non-hydrogen) atoms.